The van der Waals surface area contributed by atoms with Crippen molar-refractivity contribution in [1.82, 2.24) is 0 Å². The van der Waals surface area contributed by atoms with Crippen molar-refractivity contribution in [2.45, 2.75) is 52.7 Å². The fraction of sp³-hybridized carbons (Fsp3) is 0.833. The van der Waals surface area contributed by atoms with Gasteiger partial charge in [0.05, 0.1) is 5.60 Å². The van der Waals surface area contributed by atoms with E-state index in [0.717, 1.165) is 6.42 Å². The maximum Gasteiger partial charge on any atom is 0.118 e. The molecule has 82 valence electrons. The molecule has 1 unspecified atom stereocenters. The molecule has 1 atom stereocenters. The van der Waals surface area contributed by atoms with Crippen LogP contribution in [0.15, 0.2) is 0 Å². The lowest BCUT2D eigenvalue weighted by Gasteiger charge is -2.17. The van der Waals surface area contributed by atoms with E-state index in [2.05, 4.69) is 18.8 Å². The second-order valence-electron chi connectivity index (χ2n) is 4.07. The van der Waals surface area contributed by atoms with E-state index in [1.807, 2.05) is 27.7 Å². The summed E-state index contributed by atoms with van der Waals surface area (Å²) >= 11 is 0. The van der Waals surface area contributed by atoms with Crippen LogP contribution in [-0.2, 0) is 9.47 Å². The molecule has 0 fully saturated rings. The van der Waals surface area contributed by atoms with Crippen LogP contribution in [0, 0.1) is 11.8 Å². The summed E-state index contributed by atoms with van der Waals surface area (Å²) in [4.78, 5) is 0. The van der Waals surface area contributed by atoms with Crippen molar-refractivity contribution >= 4 is 0 Å². The van der Waals surface area contributed by atoms with Crippen LogP contribution in [0.3, 0.4) is 0 Å². The average Bonchev–Trinajstić information content (AvgIpc) is 2.08. The summed E-state index contributed by atoms with van der Waals surface area (Å²) in [6.07, 6.45) is 0.986. The molecule has 0 aromatic rings. The zero-order valence-corrected chi connectivity index (χ0v) is 10.0. The van der Waals surface area contributed by atoms with Crippen LogP contribution in [0.4, 0.5) is 0 Å². The van der Waals surface area contributed by atoms with E-state index >= 15 is 0 Å². The van der Waals surface area contributed by atoms with Gasteiger partial charge in [-0.05, 0) is 34.1 Å². The molecule has 0 rings (SSSR count). The van der Waals surface area contributed by atoms with Crippen LogP contribution in [0.2, 0.25) is 0 Å². The van der Waals surface area contributed by atoms with Gasteiger partial charge in [0.25, 0.3) is 0 Å². The Kier molecular flexibility index (Phi) is 6.61. The summed E-state index contributed by atoms with van der Waals surface area (Å²) in [6.45, 7) is 11.3. The average molecular weight is 198 g/mol. The number of ether oxygens (including phenoxy) is 2. The van der Waals surface area contributed by atoms with Crippen molar-refractivity contribution in [3.05, 3.63) is 0 Å². The minimum atomic E-state index is -0.109. The second-order valence-corrected chi connectivity index (χ2v) is 4.07. The van der Waals surface area contributed by atoms with Gasteiger partial charge in [0.15, 0.2) is 0 Å². The van der Waals surface area contributed by atoms with Crippen molar-refractivity contribution in [2.24, 2.45) is 0 Å². The quantitative estimate of drug-likeness (QED) is 0.646. The number of rotatable bonds is 4. The van der Waals surface area contributed by atoms with Crippen molar-refractivity contribution in [3.63, 3.8) is 0 Å². The third-order valence-corrected chi connectivity index (χ3v) is 1.58. The SMILES string of the molecule is CCOC(C#CCOC(C)(C)C)CC. The van der Waals surface area contributed by atoms with Gasteiger partial charge in [0.2, 0.25) is 0 Å². The first-order valence-corrected chi connectivity index (χ1v) is 5.23. The highest BCUT2D eigenvalue weighted by Gasteiger charge is 2.08. The Labute approximate surface area is 88.0 Å². The molecular weight excluding hydrogens is 176 g/mol. The third-order valence-electron chi connectivity index (χ3n) is 1.58. The van der Waals surface area contributed by atoms with E-state index in [9.17, 15) is 0 Å². The summed E-state index contributed by atoms with van der Waals surface area (Å²) in [6, 6.07) is 0. The van der Waals surface area contributed by atoms with E-state index in [1.54, 1.807) is 0 Å². The highest BCUT2D eigenvalue weighted by atomic mass is 16.5. The Balaban J connectivity index is 3.79. The molecule has 0 heterocycles. The predicted molar refractivity (Wildman–Crippen MR) is 59.2 cm³/mol. The first kappa shape index (κ1) is 13.5. The van der Waals surface area contributed by atoms with Crippen LogP contribution in [0.25, 0.3) is 0 Å². The zero-order chi connectivity index (χ0) is 11.0. The van der Waals surface area contributed by atoms with Crippen LogP contribution >= 0.6 is 0 Å². The molecule has 2 heteroatoms. The normalized spacial score (nSPS) is 13.2. The monoisotopic (exact) mass is 198 g/mol. The standard InChI is InChI=1S/C12H22O2/c1-6-11(13-7-2)9-8-10-14-12(3,4)5/h11H,6-7,10H2,1-5H3. The molecule has 0 aliphatic carbocycles. The van der Waals surface area contributed by atoms with Crippen molar-refractivity contribution < 1.29 is 9.47 Å². The van der Waals surface area contributed by atoms with Crippen molar-refractivity contribution in [1.29, 1.82) is 0 Å². The highest BCUT2D eigenvalue weighted by Crippen LogP contribution is 2.05. The molecule has 0 N–H and O–H groups in total. The summed E-state index contributed by atoms with van der Waals surface area (Å²) in [5.41, 5.74) is -0.109. The molecule has 0 aliphatic heterocycles. The third kappa shape index (κ3) is 8.10. The molecule has 0 spiro atoms. The van der Waals surface area contributed by atoms with Crippen LogP contribution in [0.1, 0.15) is 41.0 Å². The first-order chi connectivity index (χ1) is 6.49. The number of hydrogen-bond donors (Lipinski definition) is 0. The van der Waals surface area contributed by atoms with Crippen LogP contribution in [0.5, 0.6) is 0 Å². The van der Waals surface area contributed by atoms with E-state index in [4.69, 9.17) is 9.47 Å². The molecule has 0 aliphatic rings. The van der Waals surface area contributed by atoms with Gasteiger partial charge in [-0.3, -0.25) is 0 Å². The van der Waals surface area contributed by atoms with Crippen LogP contribution in [-0.4, -0.2) is 24.9 Å². The Morgan fingerprint density at radius 1 is 1.21 bits per heavy atom. The highest BCUT2D eigenvalue weighted by molar-refractivity contribution is 5.05. The lowest BCUT2D eigenvalue weighted by Crippen LogP contribution is -2.19. The minimum absolute atomic E-state index is 0.0589. The molecule has 0 saturated heterocycles. The van der Waals surface area contributed by atoms with Gasteiger partial charge >= 0.3 is 0 Å². The van der Waals surface area contributed by atoms with Crippen molar-refractivity contribution in [3.8, 4) is 11.8 Å². The fourth-order valence-corrected chi connectivity index (χ4v) is 0.871. The largest absolute Gasteiger partial charge is 0.366 e. The van der Waals surface area contributed by atoms with E-state index in [-0.39, 0.29) is 11.7 Å². The zero-order valence-electron chi connectivity index (χ0n) is 10.0. The van der Waals surface area contributed by atoms with Gasteiger partial charge in [0, 0.05) is 6.61 Å². The van der Waals surface area contributed by atoms with Gasteiger partial charge in [-0.15, -0.1) is 0 Å². The lowest BCUT2D eigenvalue weighted by molar-refractivity contribution is 0.0178. The molecule has 0 aromatic carbocycles. The fourth-order valence-electron chi connectivity index (χ4n) is 0.871. The Hall–Kier alpha value is -0.520. The van der Waals surface area contributed by atoms with E-state index in [1.165, 1.54) is 0 Å². The predicted octanol–water partition coefficient (Wildman–Crippen LogP) is 2.62. The summed E-state index contributed by atoms with van der Waals surface area (Å²) in [5, 5.41) is 0. The lowest BCUT2D eigenvalue weighted by atomic mass is 10.2. The maximum atomic E-state index is 5.47. The van der Waals surface area contributed by atoms with Crippen molar-refractivity contribution in [2.75, 3.05) is 13.2 Å². The summed E-state index contributed by atoms with van der Waals surface area (Å²) in [5.74, 6) is 6.03. The van der Waals surface area contributed by atoms with Crippen LogP contribution < -0.4 is 0 Å². The Morgan fingerprint density at radius 3 is 2.29 bits per heavy atom. The smallest absolute Gasteiger partial charge is 0.118 e. The van der Waals surface area contributed by atoms with Gasteiger partial charge in [0.1, 0.15) is 12.7 Å². The molecule has 0 aromatic heterocycles. The van der Waals surface area contributed by atoms with E-state index < -0.39 is 0 Å². The topological polar surface area (TPSA) is 18.5 Å². The van der Waals surface area contributed by atoms with Gasteiger partial charge in [-0.1, -0.05) is 18.8 Å². The van der Waals surface area contributed by atoms with Gasteiger partial charge in [-0.2, -0.15) is 0 Å². The number of hydrogen-bond acceptors (Lipinski definition) is 2. The molecule has 0 amide bonds. The van der Waals surface area contributed by atoms with E-state index in [0.29, 0.717) is 13.2 Å². The molecule has 0 saturated carbocycles. The molecule has 2 nitrogen and oxygen atoms in total. The van der Waals surface area contributed by atoms with Gasteiger partial charge < -0.3 is 9.47 Å². The molecule has 0 bridgehead atoms. The summed E-state index contributed by atoms with van der Waals surface area (Å²) in [7, 11) is 0. The second kappa shape index (κ2) is 6.86. The maximum absolute atomic E-state index is 5.47. The molecule has 14 heavy (non-hydrogen) atoms. The Bertz CT molecular complexity index is 193. The molecule has 0 radical (unpaired) electrons. The van der Waals surface area contributed by atoms with Gasteiger partial charge in [-0.25, -0.2) is 0 Å². The Morgan fingerprint density at radius 2 is 1.86 bits per heavy atom. The minimum Gasteiger partial charge on any atom is -0.366 e. The first-order valence-electron chi connectivity index (χ1n) is 5.23. The summed E-state index contributed by atoms with van der Waals surface area (Å²) < 4.78 is 10.9. The molecular formula is C12H22O2.